The van der Waals surface area contributed by atoms with Crippen molar-refractivity contribution in [1.29, 1.82) is 0 Å². The molecule has 2 unspecified atom stereocenters. The van der Waals surface area contributed by atoms with Crippen LogP contribution in [0.4, 0.5) is 0 Å². The second-order valence-corrected chi connectivity index (χ2v) is 8.23. The summed E-state index contributed by atoms with van der Waals surface area (Å²) in [4.78, 5) is 12.3. The zero-order chi connectivity index (χ0) is 18.4. The Morgan fingerprint density at radius 2 is 2.11 bits per heavy atom. The van der Waals surface area contributed by atoms with Crippen molar-refractivity contribution in [2.24, 2.45) is 0 Å². The van der Waals surface area contributed by atoms with Crippen LogP contribution < -0.4 is 5.32 Å². The Kier molecular flexibility index (Phi) is 4.21. The summed E-state index contributed by atoms with van der Waals surface area (Å²) in [6, 6.07) is 11.8. The van der Waals surface area contributed by atoms with E-state index in [4.69, 9.17) is 4.98 Å². The van der Waals surface area contributed by atoms with Crippen LogP contribution in [0.1, 0.15) is 44.0 Å². The van der Waals surface area contributed by atoms with E-state index in [1.54, 1.807) is 0 Å². The smallest absolute Gasteiger partial charge is 0.137 e. The predicted octanol–water partition coefficient (Wildman–Crippen LogP) is 3.46. The van der Waals surface area contributed by atoms with E-state index in [-0.39, 0.29) is 0 Å². The molecule has 3 aromatic heterocycles. The SMILES string of the molecule is CC(C)c1ccc(-c2nc3ccccn3c2CN2CC3CCC2CN3)cn1. The van der Waals surface area contributed by atoms with Crippen LogP contribution in [0.3, 0.4) is 0 Å². The molecule has 140 valence electrons. The molecule has 0 radical (unpaired) electrons. The van der Waals surface area contributed by atoms with E-state index in [1.165, 1.54) is 18.5 Å². The van der Waals surface area contributed by atoms with Gasteiger partial charge in [-0.1, -0.05) is 19.9 Å². The van der Waals surface area contributed by atoms with Crippen molar-refractivity contribution in [1.82, 2.24) is 24.6 Å². The lowest BCUT2D eigenvalue weighted by Crippen LogP contribution is -2.60. The van der Waals surface area contributed by atoms with E-state index in [9.17, 15) is 0 Å². The molecule has 2 bridgehead atoms. The van der Waals surface area contributed by atoms with Gasteiger partial charge in [0.05, 0.1) is 11.4 Å². The average Bonchev–Trinajstić information content (AvgIpc) is 3.07. The van der Waals surface area contributed by atoms with Crippen molar-refractivity contribution in [2.75, 3.05) is 13.1 Å². The van der Waals surface area contributed by atoms with Crippen LogP contribution in [0.15, 0.2) is 42.7 Å². The highest BCUT2D eigenvalue weighted by Crippen LogP contribution is 2.29. The third kappa shape index (κ3) is 3.05. The molecule has 1 N–H and O–H groups in total. The molecule has 3 aromatic rings. The van der Waals surface area contributed by atoms with Gasteiger partial charge in [0.2, 0.25) is 0 Å². The molecule has 0 amide bonds. The lowest BCUT2D eigenvalue weighted by molar-refractivity contribution is 0.0674. The summed E-state index contributed by atoms with van der Waals surface area (Å²) < 4.78 is 2.25. The Hall–Kier alpha value is -2.24. The van der Waals surface area contributed by atoms with E-state index in [1.807, 2.05) is 6.20 Å². The third-order valence-electron chi connectivity index (χ3n) is 6.09. The first-order valence-corrected chi connectivity index (χ1v) is 10.1. The molecule has 3 aliphatic heterocycles. The van der Waals surface area contributed by atoms with E-state index >= 15 is 0 Å². The fourth-order valence-corrected chi connectivity index (χ4v) is 4.50. The van der Waals surface area contributed by atoms with E-state index in [0.717, 1.165) is 42.2 Å². The average molecular weight is 361 g/mol. The van der Waals surface area contributed by atoms with Gasteiger partial charge in [0.1, 0.15) is 5.65 Å². The van der Waals surface area contributed by atoms with Gasteiger partial charge in [-0.05, 0) is 43.0 Å². The van der Waals surface area contributed by atoms with Gasteiger partial charge in [-0.2, -0.15) is 0 Å². The van der Waals surface area contributed by atoms with Gasteiger partial charge in [0.25, 0.3) is 0 Å². The highest BCUT2D eigenvalue weighted by atomic mass is 15.3. The molecule has 3 saturated heterocycles. The summed E-state index contributed by atoms with van der Waals surface area (Å²) in [6.07, 6.45) is 6.73. The molecule has 6 rings (SSSR count). The number of piperazine rings is 1. The third-order valence-corrected chi connectivity index (χ3v) is 6.09. The maximum atomic E-state index is 4.97. The highest BCUT2D eigenvalue weighted by molar-refractivity contribution is 5.66. The van der Waals surface area contributed by atoms with Crippen molar-refractivity contribution in [2.45, 2.75) is 51.2 Å². The molecule has 3 aliphatic rings. The molecule has 0 aromatic carbocycles. The van der Waals surface area contributed by atoms with Crippen molar-refractivity contribution in [3.8, 4) is 11.3 Å². The summed E-state index contributed by atoms with van der Waals surface area (Å²) in [5.41, 5.74) is 5.59. The first-order valence-electron chi connectivity index (χ1n) is 10.1. The zero-order valence-electron chi connectivity index (χ0n) is 16.1. The second kappa shape index (κ2) is 6.73. The molecule has 3 fully saturated rings. The quantitative estimate of drug-likeness (QED) is 0.773. The largest absolute Gasteiger partial charge is 0.311 e. The summed E-state index contributed by atoms with van der Waals surface area (Å²) in [5, 5.41) is 3.65. The number of fused-ring (bicyclic) bond motifs is 4. The lowest BCUT2D eigenvalue weighted by Gasteiger charge is -2.46. The van der Waals surface area contributed by atoms with Crippen molar-refractivity contribution in [3.63, 3.8) is 0 Å². The summed E-state index contributed by atoms with van der Waals surface area (Å²) in [5.74, 6) is 0.441. The molecule has 0 spiro atoms. The number of pyridine rings is 2. The van der Waals surface area contributed by atoms with Gasteiger partial charge >= 0.3 is 0 Å². The minimum absolute atomic E-state index is 0.441. The van der Waals surface area contributed by atoms with Gasteiger partial charge in [-0.3, -0.25) is 9.88 Å². The molecule has 6 heterocycles. The van der Waals surface area contributed by atoms with Crippen LogP contribution >= 0.6 is 0 Å². The molecular formula is C22H27N5. The maximum absolute atomic E-state index is 4.97. The number of hydrogen-bond donors (Lipinski definition) is 1. The van der Waals surface area contributed by atoms with Crippen LogP contribution in [0, 0.1) is 0 Å². The van der Waals surface area contributed by atoms with Crippen LogP contribution in [0.2, 0.25) is 0 Å². The fraction of sp³-hybridized carbons (Fsp3) is 0.455. The summed E-state index contributed by atoms with van der Waals surface area (Å²) >= 11 is 0. The van der Waals surface area contributed by atoms with Crippen molar-refractivity contribution in [3.05, 3.63) is 54.1 Å². The second-order valence-electron chi connectivity index (χ2n) is 8.23. The molecule has 5 heteroatoms. The molecule has 5 nitrogen and oxygen atoms in total. The maximum Gasteiger partial charge on any atom is 0.137 e. The molecule has 0 saturated carbocycles. The number of nitrogens with one attached hydrogen (secondary N) is 1. The highest BCUT2D eigenvalue weighted by Gasteiger charge is 2.34. The zero-order valence-corrected chi connectivity index (χ0v) is 16.1. The number of hydrogen-bond acceptors (Lipinski definition) is 4. The normalized spacial score (nSPS) is 22.8. The van der Waals surface area contributed by atoms with Crippen LogP contribution in [0.5, 0.6) is 0 Å². The first kappa shape index (κ1) is 16.9. The standard InChI is InChI=1S/C22H27N5/c1-15(2)19-9-6-16(11-24-19)22-20(27-10-4-3-5-21(27)25-22)14-26-13-17-7-8-18(26)12-23-17/h3-6,9-11,15,17-18,23H,7-8,12-14H2,1-2H3. The van der Waals surface area contributed by atoms with E-state index in [2.05, 4.69) is 70.0 Å². The first-order chi connectivity index (χ1) is 13.2. The van der Waals surface area contributed by atoms with Gasteiger partial charge < -0.3 is 9.72 Å². The number of aromatic nitrogens is 3. The number of nitrogens with zero attached hydrogens (tertiary/aromatic N) is 4. The monoisotopic (exact) mass is 361 g/mol. The van der Waals surface area contributed by atoms with Gasteiger partial charge in [0, 0.05) is 55.4 Å². The van der Waals surface area contributed by atoms with Crippen LogP contribution in [0.25, 0.3) is 16.9 Å². The molecule has 27 heavy (non-hydrogen) atoms. The van der Waals surface area contributed by atoms with E-state index in [0.29, 0.717) is 18.0 Å². The predicted molar refractivity (Wildman–Crippen MR) is 108 cm³/mol. The Labute approximate surface area is 160 Å². The van der Waals surface area contributed by atoms with Crippen molar-refractivity contribution < 1.29 is 0 Å². The van der Waals surface area contributed by atoms with Gasteiger partial charge in [0.15, 0.2) is 0 Å². The minimum atomic E-state index is 0.441. The number of imidazole rings is 1. The minimum Gasteiger partial charge on any atom is -0.311 e. The molecule has 0 aliphatic carbocycles. The van der Waals surface area contributed by atoms with Gasteiger partial charge in [-0.15, -0.1) is 0 Å². The number of rotatable bonds is 4. The number of piperidine rings is 2. The summed E-state index contributed by atoms with van der Waals surface area (Å²) in [7, 11) is 0. The van der Waals surface area contributed by atoms with E-state index < -0.39 is 0 Å². The van der Waals surface area contributed by atoms with Crippen LogP contribution in [-0.2, 0) is 6.54 Å². The Balaban J connectivity index is 1.55. The lowest BCUT2D eigenvalue weighted by atomic mass is 9.93. The topological polar surface area (TPSA) is 45.5 Å². The van der Waals surface area contributed by atoms with Crippen LogP contribution in [-0.4, -0.2) is 44.4 Å². The molecule has 2 atom stereocenters. The van der Waals surface area contributed by atoms with Gasteiger partial charge in [-0.25, -0.2) is 4.98 Å². The van der Waals surface area contributed by atoms with Crippen molar-refractivity contribution >= 4 is 5.65 Å². The molecular weight excluding hydrogens is 334 g/mol. The fourth-order valence-electron chi connectivity index (χ4n) is 4.50. The summed E-state index contributed by atoms with van der Waals surface area (Å²) in [6.45, 7) is 7.54. The Morgan fingerprint density at radius 1 is 1.19 bits per heavy atom. The Morgan fingerprint density at radius 3 is 2.78 bits per heavy atom. The Bertz CT molecular complexity index is 935.